The number of rotatable bonds is 14. The summed E-state index contributed by atoms with van der Waals surface area (Å²) in [5.74, 6) is -7.99. The van der Waals surface area contributed by atoms with Crippen molar-refractivity contribution in [1.82, 2.24) is 92.1 Å². The van der Waals surface area contributed by atoms with E-state index < -0.39 is 130 Å². The molecule has 2 fully saturated rings. The van der Waals surface area contributed by atoms with Crippen molar-refractivity contribution in [2.45, 2.75) is 155 Å². The fourth-order valence-electron chi connectivity index (χ4n) is 12.6. The van der Waals surface area contributed by atoms with Gasteiger partial charge in [0.05, 0.1) is 36.6 Å². The lowest BCUT2D eigenvalue weighted by Gasteiger charge is -2.44. The molecular weight excluding hydrogens is 1280 g/mol. The first-order chi connectivity index (χ1) is 47.5. The van der Waals surface area contributed by atoms with Crippen molar-refractivity contribution in [2.24, 2.45) is 10.8 Å². The summed E-state index contributed by atoms with van der Waals surface area (Å²) in [6, 6.07) is 14.0. The molecule has 8 amide bonds. The number of likely N-dealkylation sites (N-methyl/N-ethyl adjacent to an activating group) is 2. The van der Waals surface area contributed by atoms with E-state index in [1.807, 2.05) is 82.6 Å². The lowest BCUT2D eigenvalue weighted by molar-refractivity contribution is -0.149. The van der Waals surface area contributed by atoms with Gasteiger partial charge < -0.3 is 62.5 Å². The molecule has 8 bridgehead atoms. The summed E-state index contributed by atoms with van der Waals surface area (Å²) in [6.45, 7) is 15.0. The van der Waals surface area contributed by atoms with Crippen molar-refractivity contribution in [2.75, 3.05) is 66.5 Å². The lowest BCUT2D eigenvalue weighted by atomic mass is 9.85. The molecule has 30 nitrogen and oxygen atoms in total. The third kappa shape index (κ3) is 18.9. The molecular formula is C70H94N18O12. The molecule has 6 aromatic rings. The van der Waals surface area contributed by atoms with E-state index in [2.05, 4.69) is 63.2 Å². The average molecular weight is 1380 g/mol. The second kappa shape index (κ2) is 32.5. The molecule has 2 saturated heterocycles. The van der Waals surface area contributed by atoms with Crippen LogP contribution in [0.15, 0.2) is 97.3 Å². The maximum absolute atomic E-state index is 15.3. The molecule has 0 spiro atoms. The van der Waals surface area contributed by atoms with Crippen LogP contribution >= 0.6 is 0 Å². The van der Waals surface area contributed by atoms with E-state index in [1.165, 1.54) is 31.6 Å². The van der Waals surface area contributed by atoms with Gasteiger partial charge in [-0.15, -0.1) is 10.2 Å². The van der Waals surface area contributed by atoms with E-state index in [0.29, 0.717) is 11.1 Å². The van der Waals surface area contributed by atoms with Crippen LogP contribution in [-0.2, 0) is 86.7 Å². The average Bonchev–Trinajstić information content (AvgIpc) is 0.916. The largest absolute Gasteiger partial charge is 0.480 e. The van der Waals surface area contributed by atoms with Crippen LogP contribution in [0.4, 0.5) is 0 Å². The molecule has 3 aliphatic heterocycles. The Kier molecular flexibility index (Phi) is 24.2. The summed E-state index contributed by atoms with van der Waals surface area (Å²) in [6.07, 6.45) is 2.13. The number of amides is 8. The molecule has 3 aliphatic rings. The number of piperazine rings is 2. The van der Waals surface area contributed by atoms with Gasteiger partial charge >= 0.3 is 11.9 Å². The topological polar surface area (TPSA) is 382 Å². The zero-order chi connectivity index (χ0) is 72.3. The van der Waals surface area contributed by atoms with Crippen molar-refractivity contribution in [3.63, 3.8) is 0 Å². The molecule has 2 unspecified atom stereocenters. The lowest BCUT2D eigenvalue weighted by Crippen LogP contribution is -2.67. The highest BCUT2D eigenvalue weighted by Crippen LogP contribution is 2.27. The molecule has 10 N–H and O–H groups in total. The van der Waals surface area contributed by atoms with E-state index in [0.717, 1.165) is 21.5 Å². The maximum Gasteiger partial charge on any atom is 0.326 e. The minimum Gasteiger partial charge on any atom is -0.480 e. The van der Waals surface area contributed by atoms with Crippen LogP contribution < -0.4 is 42.5 Å². The van der Waals surface area contributed by atoms with Gasteiger partial charge in [-0.25, -0.2) is 9.59 Å². The number of carbonyl (C=O) groups is 10. The van der Waals surface area contributed by atoms with Gasteiger partial charge in [-0.1, -0.05) is 137 Å². The first-order valence-corrected chi connectivity index (χ1v) is 33.9. The normalized spacial score (nSPS) is 23.1. The number of aromatic nitrogens is 6. The van der Waals surface area contributed by atoms with Crippen molar-refractivity contribution in [3.05, 3.63) is 120 Å². The standard InChI is InChI=1S/C70H94N18O12/c1-41(71-9)59(89)77-57(69(3,4)5)65(95)87-29-25-83-23-27-85-37-49(79-81-85)36-54(68(99)100)76-62(92)52(34-44-20-22-46-16-12-14-18-48(46)32-44)74-64(94)56-40-84(26-30-88(56)66(96)58(70(6,7)8)78-60(90)42(2)72-10)24-28-86-38-50(80-82-86)35-53(67(97)98)75-61(91)51(73-63(93)55(87)39-83)33-43-19-21-45-15-11-13-17-47(45)31-43/h11-22,31-32,37-38,41-42,51-58,71-72H,23-30,33-36,39-40H2,1-10H3,(H,73,93)(H,74,94)(H,75,91)(H,76,92)(H,77,89)(H,78,90)(H,97,98)(H,99,100)/t41-,42-,51-,52-,53-,54-,55-,56-,57+,58+/m0/s1. The van der Waals surface area contributed by atoms with Gasteiger partial charge in [0.2, 0.25) is 47.3 Å². The first kappa shape index (κ1) is 74.4. The fourth-order valence-corrected chi connectivity index (χ4v) is 12.6. The Morgan fingerprint density at radius 3 is 1.21 bits per heavy atom. The molecule has 30 heteroatoms. The zero-order valence-corrected chi connectivity index (χ0v) is 58.4. The number of hydrogen-bond donors (Lipinski definition) is 10. The molecule has 9 rings (SSSR count). The summed E-state index contributed by atoms with van der Waals surface area (Å²) in [4.78, 5) is 151. The Labute approximate surface area is 580 Å². The molecule has 100 heavy (non-hydrogen) atoms. The summed E-state index contributed by atoms with van der Waals surface area (Å²) in [5.41, 5.74) is -0.109. The number of nitrogens with one attached hydrogen (secondary N) is 8. The number of carboxylic acid groups (broad SMARTS) is 2. The zero-order valence-electron chi connectivity index (χ0n) is 58.4. The molecule has 5 heterocycles. The van der Waals surface area contributed by atoms with Crippen LogP contribution in [0.2, 0.25) is 0 Å². The molecule has 0 aliphatic carbocycles. The first-order valence-electron chi connectivity index (χ1n) is 33.9. The number of hydrogen-bond acceptors (Lipinski definition) is 18. The Morgan fingerprint density at radius 1 is 0.500 bits per heavy atom. The van der Waals surface area contributed by atoms with Gasteiger partial charge in [0.15, 0.2) is 0 Å². The Balaban J connectivity index is 1.07. The molecule has 12 atom stereocenters. The second-order valence-electron chi connectivity index (χ2n) is 28.4. The minimum absolute atomic E-state index is 0.0157. The van der Waals surface area contributed by atoms with E-state index in [-0.39, 0.29) is 103 Å². The molecule has 536 valence electrons. The van der Waals surface area contributed by atoms with Gasteiger partial charge in [-0.2, -0.15) is 0 Å². The van der Waals surface area contributed by atoms with Crippen LogP contribution in [0.25, 0.3) is 21.5 Å². The summed E-state index contributed by atoms with van der Waals surface area (Å²) in [5, 5.41) is 64.9. The number of fused-ring (bicyclic) bond motifs is 10. The Hall–Kier alpha value is -9.78. The SMILES string of the molecule is CN[C@@H](C)C(=O)N[C@H](C(=O)N1CCN2CCn3cc(nn3)C[C@@H](C(=O)O)NC(=O)[C@H](Cc3ccc4ccccc4c3)NC(=O)[C@@H]3CN(CCN3C(=O)[C@@H](NC(=O)[C@H](C)NC)C(C)(C)C)CCn3cc(nn3)C[C@@H](C(=O)O)NC(=O)[C@H](Cc3ccc4ccccc4c3)NC(=O)[C@@H]1C2)C(C)(C)C. The second-order valence-corrected chi connectivity index (χ2v) is 28.4. The van der Waals surface area contributed by atoms with Gasteiger partial charge in [-0.3, -0.25) is 57.5 Å². The Bertz CT molecular complexity index is 3720. The number of carbonyl (C=O) groups excluding carboxylic acids is 8. The maximum atomic E-state index is 15.3. The highest BCUT2D eigenvalue weighted by Gasteiger charge is 2.46. The summed E-state index contributed by atoms with van der Waals surface area (Å²) < 4.78 is 2.94. The van der Waals surface area contributed by atoms with Gasteiger partial charge in [0.25, 0.3) is 0 Å². The monoisotopic (exact) mass is 1380 g/mol. The smallest absolute Gasteiger partial charge is 0.326 e. The van der Waals surface area contributed by atoms with Gasteiger partial charge in [0, 0.05) is 90.4 Å². The highest BCUT2D eigenvalue weighted by molar-refractivity contribution is 5.98. The van der Waals surface area contributed by atoms with E-state index >= 15 is 19.2 Å². The third-order valence-corrected chi connectivity index (χ3v) is 18.8. The van der Waals surface area contributed by atoms with Crippen LogP contribution in [0.5, 0.6) is 0 Å². The van der Waals surface area contributed by atoms with Crippen LogP contribution in [0.1, 0.15) is 77.9 Å². The predicted octanol–water partition coefficient (Wildman–Crippen LogP) is -0.128. The van der Waals surface area contributed by atoms with E-state index in [9.17, 15) is 39.0 Å². The summed E-state index contributed by atoms with van der Waals surface area (Å²) >= 11 is 0. The van der Waals surface area contributed by atoms with Crippen LogP contribution in [-0.4, -0.2) is 246 Å². The van der Waals surface area contributed by atoms with E-state index in [1.54, 1.807) is 81.6 Å². The molecule has 0 saturated carbocycles. The number of aliphatic carboxylic acids is 2. The third-order valence-electron chi connectivity index (χ3n) is 18.8. The van der Waals surface area contributed by atoms with Crippen molar-refractivity contribution >= 4 is 80.7 Å². The van der Waals surface area contributed by atoms with Crippen LogP contribution in [0, 0.1) is 10.8 Å². The number of benzene rings is 4. The molecule has 4 aromatic carbocycles. The number of nitrogens with zero attached hydrogens (tertiary/aromatic N) is 10. The van der Waals surface area contributed by atoms with Crippen molar-refractivity contribution < 1.29 is 58.2 Å². The highest BCUT2D eigenvalue weighted by atomic mass is 16.4. The number of carboxylic acids is 2. The van der Waals surface area contributed by atoms with Crippen LogP contribution in [0.3, 0.4) is 0 Å². The van der Waals surface area contributed by atoms with Crippen molar-refractivity contribution in [3.8, 4) is 0 Å². The summed E-state index contributed by atoms with van der Waals surface area (Å²) in [7, 11) is 3.22. The van der Waals surface area contributed by atoms with E-state index in [4.69, 9.17) is 0 Å². The van der Waals surface area contributed by atoms with Gasteiger partial charge in [0.1, 0.15) is 48.3 Å². The van der Waals surface area contributed by atoms with Crippen molar-refractivity contribution in [1.29, 1.82) is 0 Å². The Morgan fingerprint density at radius 2 is 0.860 bits per heavy atom. The molecule has 0 radical (unpaired) electrons. The quantitative estimate of drug-likeness (QED) is 0.0679. The molecule has 2 aromatic heterocycles. The van der Waals surface area contributed by atoms with Gasteiger partial charge in [-0.05, 0) is 71.4 Å². The minimum atomic E-state index is -1.60. The predicted molar refractivity (Wildman–Crippen MR) is 369 cm³/mol. The fraction of sp³-hybridized carbons (Fsp3) is 0.514.